The Labute approximate surface area is 123 Å². The van der Waals surface area contributed by atoms with Gasteiger partial charge in [0.05, 0.1) is 30.2 Å². The van der Waals surface area contributed by atoms with Crippen LogP contribution in [0.25, 0.3) is 0 Å². The normalized spacial score (nSPS) is 12.3. The molecule has 0 saturated carbocycles. The first-order chi connectivity index (χ1) is 9.06. The van der Waals surface area contributed by atoms with Gasteiger partial charge in [-0.2, -0.15) is 4.98 Å². The van der Waals surface area contributed by atoms with Crippen molar-refractivity contribution in [1.29, 1.82) is 0 Å². The molecule has 5 nitrogen and oxygen atoms in total. The molecule has 0 radical (unpaired) electrons. The van der Waals surface area contributed by atoms with Crippen LogP contribution in [0, 0.1) is 6.92 Å². The van der Waals surface area contributed by atoms with Crippen molar-refractivity contribution in [3.05, 3.63) is 32.2 Å². The van der Waals surface area contributed by atoms with Crippen LogP contribution in [0.4, 0.5) is 0 Å². The van der Waals surface area contributed by atoms with Crippen LogP contribution in [0.15, 0.2) is 16.0 Å². The monoisotopic (exact) mass is 343 g/mol. The molecule has 0 amide bonds. The molecule has 0 saturated heterocycles. The first-order valence-electron chi connectivity index (χ1n) is 5.53. The van der Waals surface area contributed by atoms with Crippen molar-refractivity contribution in [2.45, 2.75) is 13.0 Å². The number of rotatable bonds is 4. The zero-order valence-corrected chi connectivity index (χ0v) is 13.2. The summed E-state index contributed by atoms with van der Waals surface area (Å²) in [7, 11) is 3.07. The molecular formula is C12H14BrN3O2S. The predicted molar refractivity (Wildman–Crippen MR) is 77.9 cm³/mol. The number of aromatic nitrogens is 2. The van der Waals surface area contributed by atoms with E-state index in [2.05, 4.69) is 25.9 Å². The van der Waals surface area contributed by atoms with Crippen molar-refractivity contribution in [2.24, 2.45) is 5.73 Å². The Hall–Kier alpha value is -1.18. The molecule has 2 N–H and O–H groups in total. The molecule has 0 aromatic carbocycles. The third kappa shape index (κ3) is 2.88. The molecule has 1 unspecified atom stereocenters. The van der Waals surface area contributed by atoms with Crippen molar-refractivity contribution >= 4 is 27.3 Å². The maximum absolute atomic E-state index is 6.23. The molecule has 0 aliphatic carbocycles. The number of nitrogens with zero attached hydrogens (tertiary/aromatic N) is 2. The third-order valence-electron chi connectivity index (χ3n) is 2.62. The summed E-state index contributed by atoms with van der Waals surface area (Å²) >= 11 is 5.07. The van der Waals surface area contributed by atoms with E-state index in [1.807, 2.05) is 13.0 Å². The number of aryl methyl sites for hydroxylation is 1. The topological polar surface area (TPSA) is 70.3 Å². The summed E-state index contributed by atoms with van der Waals surface area (Å²) in [5.41, 5.74) is 7.98. The Bertz CT molecular complexity index is 569. The van der Waals surface area contributed by atoms with Crippen molar-refractivity contribution < 1.29 is 9.47 Å². The van der Waals surface area contributed by atoms with Crippen molar-refractivity contribution in [3.63, 3.8) is 0 Å². The summed E-state index contributed by atoms with van der Waals surface area (Å²) in [6, 6.07) is 1.66. The third-order valence-corrected chi connectivity index (χ3v) is 4.84. The van der Waals surface area contributed by atoms with Gasteiger partial charge in [0.15, 0.2) is 0 Å². The van der Waals surface area contributed by atoms with Gasteiger partial charge in [0.25, 0.3) is 0 Å². The number of hydrogen-bond acceptors (Lipinski definition) is 6. The van der Waals surface area contributed by atoms with E-state index in [0.717, 1.165) is 14.2 Å². The van der Waals surface area contributed by atoms with Crippen LogP contribution < -0.4 is 15.2 Å². The summed E-state index contributed by atoms with van der Waals surface area (Å²) in [5, 5.41) is 0. The van der Waals surface area contributed by atoms with Gasteiger partial charge in [-0.25, -0.2) is 4.98 Å². The van der Waals surface area contributed by atoms with Gasteiger partial charge in [0, 0.05) is 4.88 Å². The van der Waals surface area contributed by atoms with Crippen LogP contribution in [-0.2, 0) is 0 Å². The first-order valence-corrected chi connectivity index (χ1v) is 7.14. The molecular weight excluding hydrogens is 330 g/mol. The highest BCUT2D eigenvalue weighted by Gasteiger charge is 2.20. The number of nitrogens with two attached hydrogens (primary N) is 1. The van der Waals surface area contributed by atoms with Crippen LogP contribution in [-0.4, -0.2) is 24.2 Å². The molecule has 1 atom stereocenters. The van der Waals surface area contributed by atoms with Gasteiger partial charge in [0.2, 0.25) is 11.8 Å². The lowest BCUT2D eigenvalue weighted by molar-refractivity contribution is 0.355. The number of hydrogen-bond donors (Lipinski definition) is 1. The predicted octanol–water partition coefficient (Wildman–Crippen LogP) is 2.67. The smallest absolute Gasteiger partial charge is 0.240 e. The van der Waals surface area contributed by atoms with Crippen molar-refractivity contribution in [2.75, 3.05) is 14.2 Å². The minimum atomic E-state index is -0.372. The zero-order chi connectivity index (χ0) is 14.0. The Balaban J connectivity index is 2.40. The summed E-state index contributed by atoms with van der Waals surface area (Å²) in [6.45, 7) is 2.02. The number of halogens is 1. The highest BCUT2D eigenvalue weighted by Crippen LogP contribution is 2.35. The molecule has 102 valence electrons. The molecule has 2 aromatic heterocycles. The lowest BCUT2D eigenvalue weighted by Crippen LogP contribution is -2.14. The van der Waals surface area contributed by atoms with E-state index in [9.17, 15) is 0 Å². The standard InChI is InChI=1S/C12H14BrN3O2S/c1-6-4-7(19-11(6)13)9(14)10-12(18-3)16-8(17-2)5-15-10/h4-5,9H,14H2,1-3H3. The minimum Gasteiger partial charge on any atom is -0.480 e. The fourth-order valence-electron chi connectivity index (χ4n) is 1.60. The van der Waals surface area contributed by atoms with E-state index >= 15 is 0 Å². The lowest BCUT2D eigenvalue weighted by atomic mass is 10.1. The Morgan fingerprint density at radius 2 is 2.11 bits per heavy atom. The summed E-state index contributed by atoms with van der Waals surface area (Å²) in [6.07, 6.45) is 1.53. The van der Waals surface area contributed by atoms with E-state index in [0.29, 0.717) is 17.5 Å². The Kier molecular flexibility index (Phi) is 4.38. The second-order valence-electron chi connectivity index (χ2n) is 3.89. The summed E-state index contributed by atoms with van der Waals surface area (Å²) in [4.78, 5) is 9.48. The van der Waals surface area contributed by atoms with Crippen LogP contribution >= 0.6 is 27.3 Å². The molecule has 0 aliphatic rings. The number of thiophene rings is 1. The van der Waals surface area contributed by atoms with E-state index in [4.69, 9.17) is 15.2 Å². The van der Waals surface area contributed by atoms with E-state index in [1.54, 1.807) is 11.3 Å². The average molecular weight is 344 g/mol. The molecule has 7 heteroatoms. The average Bonchev–Trinajstić information content (AvgIpc) is 2.77. The molecule has 2 aromatic rings. The Morgan fingerprint density at radius 3 is 2.63 bits per heavy atom. The Morgan fingerprint density at radius 1 is 1.37 bits per heavy atom. The van der Waals surface area contributed by atoms with Crippen molar-refractivity contribution in [1.82, 2.24) is 9.97 Å². The number of methoxy groups -OCH3 is 2. The molecule has 19 heavy (non-hydrogen) atoms. The van der Waals surface area contributed by atoms with Gasteiger partial charge in [0.1, 0.15) is 5.69 Å². The SMILES string of the molecule is COc1cnc(C(N)c2cc(C)c(Br)s2)c(OC)n1. The van der Waals surface area contributed by atoms with Gasteiger partial charge in [-0.15, -0.1) is 11.3 Å². The maximum atomic E-state index is 6.23. The minimum absolute atomic E-state index is 0.372. The van der Waals surface area contributed by atoms with E-state index in [-0.39, 0.29) is 6.04 Å². The van der Waals surface area contributed by atoms with Crippen molar-refractivity contribution in [3.8, 4) is 11.8 Å². The van der Waals surface area contributed by atoms with Crippen LogP contribution in [0.3, 0.4) is 0 Å². The molecule has 0 fully saturated rings. The van der Waals surface area contributed by atoms with Gasteiger partial charge in [-0.3, -0.25) is 0 Å². The second kappa shape index (κ2) is 5.85. The highest BCUT2D eigenvalue weighted by atomic mass is 79.9. The lowest BCUT2D eigenvalue weighted by Gasteiger charge is -2.12. The molecule has 2 heterocycles. The second-order valence-corrected chi connectivity index (χ2v) is 6.29. The molecule has 0 bridgehead atoms. The molecule has 0 spiro atoms. The van der Waals surface area contributed by atoms with Gasteiger partial charge >= 0.3 is 0 Å². The quantitative estimate of drug-likeness (QED) is 0.923. The maximum Gasteiger partial charge on any atom is 0.240 e. The largest absolute Gasteiger partial charge is 0.480 e. The van der Waals surface area contributed by atoms with Crippen LogP contribution in [0.1, 0.15) is 22.2 Å². The zero-order valence-electron chi connectivity index (χ0n) is 10.8. The van der Waals surface area contributed by atoms with Gasteiger partial charge in [-0.05, 0) is 34.5 Å². The van der Waals surface area contributed by atoms with Gasteiger partial charge < -0.3 is 15.2 Å². The first kappa shape index (κ1) is 14.2. The van der Waals surface area contributed by atoms with Crippen LogP contribution in [0.5, 0.6) is 11.8 Å². The van der Waals surface area contributed by atoms with E-state index < -0.39 is 0 Å². The summed E-state index contributed by atoms with van der Waals surface area (Å²) < 4.78 is 11.3. The fourth-order valence-corrected chi connectivity index (χ4v) is 3.18. The highest BCUT2D eigenvalue weighted by molar-refractivity contribution is 9.11. The molecule has 2 rings (SSSR count). The van der Waals surface area contributed by atoms with E-state index in [1.165, 1.54) is 20.4 Å². The summed E-state index contributed by atoms with van der Waals surface area (Å²) in [5.74, 6) is 0.783. The fraction of sp³-hybridized carbons (Fsp3) is 0.333. The number of ether oxygens (including phenoxy) is 2. The van der Waals surface area contributed by atoms with Crippen LogP contribution in [0.2, 0.25) is 0 Å². The molecule has 0 aliphatic heterocycles. The van der Waals surface area contributed by atoms with Gasteiger partial charge in [-0.1, -0.05) is 0 Å².